The van der Waals surface area contributed by atoms with Gasteiger partial charge >= 0.3 is 0 Å². The van der Waals surface area contributed by atoms with Gasteiger partial charge in [-0.15, -0.1) is 0 Å². The summed E-state index contributed by atoms with van der Waals surface area (Å²) in [6.07, 6.45) is 6.06. The molecule has 0 atom stereocenters. The fraction of sp³-hybridized carbons (Fsp3) is 0.562. The summed E-state index contributed by atoms with van der Waals surface area (Å²) in [7, 11) is 0. The second kappa shape index (κ2) is 6.35. The molecule has 0 aliphatic heterocycles. The number of nitrogens with one attached hydrogen (secondary N) is 1. The number of benzene rings is 1. The minimum atomic E-state index is -0.286. The largest absolute Gasteiger partial charge is 0.330 e. The molecular weight excluding hydrogens is 255 g/mol. The number of rotatable bonds is 4. The maximum atomic E-state index is 13.0. The topological polar surface area (TPSA) is 55.1 Å². The highest BCUT2D eigenvalue weighted by molar-refractivity contribution is 5.91. The molecule has 0 radical (unpaired) electrons. The number of hydrogen-bond donors (Lipinski definition) is 2. The van der Waals surface area contributed by atoms with E-state index in [2.05, 4.69) is 5.32 Å². The molecule has 20 heavy (non-hydrogen) atoms. The van der Waals surface area contributed by atoms with Gasteiger partial charge in [0.25, 0.3) is 0 Å². The highest BCUT2D eigenvalue weighted by atomic mass is 19.1. The number of hydrogen-bond acceptors (Lipinski definition) is 2. The summed E-state index contributed by atoms with van der Waals surface area (Å²) in [4.78, 5) is 12.2. The molecule has 110 valence electrons. The van der Waals surface area contributed by atoms with Crippen LogP contribution in [0.25, 0.3) is 0 Å². The summed E-state index contributed by atoms with van der Waals surface area (Å²) in [5, 5.41) is 2.88. The zero-order chi connectivity index (χ0) is 14.6. The number of aryl methyl sites for hydroxylation is 1. The highest BCUT2D eigenvalue weighted by Crippen LogP contribution is 2.38. The number of anilines is 1. The van der Waals surface area contributed by atoms with Gasteiger partial charge in [0, 0.05) is 12.1 Å². The maximum Gasteiger partial charge on any atom is 0.224 e. The van der Waals surface area contributed by atoms with Crippen molar-refractivity contribution in [1.29, 1.82) is 0 Å². The van der Waals surface area contributed by atoms with Gasteiger partial charge in [0.15, 0.2) is 0 Å². The van der Waals surface area contributed by atoms with Crippen LogP contribution in [0, 0.1) is 18.2 Å². The van der Waals surface area contributed by atoms with Crippen molar-refractivity contribution < 1.29 is 9.18 Å². The standard InChI is InChI=1S/C16H23FN2O/c1-12-9-13(17)5-6-14(12)19-15(20)10-16(11-18)7-3-2-4-8-16/h5-6,9H,2-4,7-8,10-11,18H2,1H3,(H,19,20). The van der Waals surface area contributed by atoms with Crippen LogP contribution >= 0.6 is 0 Å². The van der Waals surface area contributed by atoms with Crippen LogP contribution in [-0.2, 0) is 4.79 Å². The van der Waals surface area contributed by atoms with E-state index < -0.39 is 0 Å². The Kier molecular flexibility index (Phi) is 4.76. The first-order valence-corrected chi connectivity index (χ1v) is 7.31. The Hall–Kier alpha value is -1.42. The van der Waals surface area contributed by atoms with Gasteiger partial charge in [-0.25, -0.2) is 4.39 Å². The molecule has 0 heterocycles. The predicted molar refractivity (Wildman–Crippen MR) is 79.0 cm³/mol. The van der Waals surface area contributed by atoms with Gasteiger partial charge in [0.05, 0.1) is 0 Å². The SMILES string of the molecule is Cc1cc(F)ccc1NC(=O)CC1(CN)CCCCC1. The van der Waals surface area contributed by atoms with Crippen LogP contribution in [0.15, 0.2) is 18.2 Å². The fourth-order valence-electron chi connectivity index (χ4n) is 3.06. The van der Waals surface area contributed by atoms with Gasteiger partial charge in [0.2, 0.25) is 5.91 Å². The summed E-state index contributed by atoms with van der Waals surface area (Å²) < 4.78 is 13.0. The average molecular weight is 278 g/mol. The van der Waals surface area contributed by atoms with Crippen molar-refractivity contribution >= 4 is 11.6 Å². The molecule has 0 aromatic heterocycles. The van der Waals surface area contributed by atoms with E-state index in [9.17, 15) is 9.18 Å². The molecule has 3 N–H and O–H groups in total. The number of carbonyl (C=O) groups is 1. The second-order valence-electron chi connectivity index (χ2n) is 5.95. The van der Waals surface area contributed by atoms with Crippen molar-refractivity contribution in [2.45, 2.75) is 45.4 Å². The lowest BCUT2D eigenvalue weighted by Crippen LogP contribution is -2.36. The number of carbonyl (C=O) groups excluding carboxylic acids is 1. The van der Waals surface area contributed by atoms with Crippen molar-refractivity contribution in [2.24, 2.45) is 11.1 Å². The monoisotopic (exact) mass is 278 g/mol. The summed E-state index contributed by atoms with van der Waals surface area (Å²) in [5.74, 6) is -0.307. The highest BCUT2D eigenvalue weighted by Gasteiger charge is 2.32. The first-order valence-electron chi connectivity index (χ1n) is 7.31. The molecule has 3 nitrogen and oxygen atoms in total. The van der Waals surface area contributed by atoms with Crippen molar-refractivity contribution in [3.05, 3.63) is 29.6 Å². The van der Waals surface area contributed by atoms with Crippen LogP contribution in [0.4, 0.5) is 10.1 Å². The molecule has 1 aliphatic carbocycles. The molecule has 1 fully saturated rings. The molecule has 1 saturated carbocycles. The molecule has 0 unspecified atom stereocenters. The third-order valence-corrected chi connectivity index (χ3v) is 4.35. The second-order valence-corrected chi connectivity index (χ2v) is 5.95. The summed E-state index contributed by atoms with van der Waals surface area (Å²) in [5.41, 5.74) is 7.27. The van der Waals surface area contributed by atoms with E-state index in [-0.39, 0.29) is 17.1 Å². The van der Waals surface area contributed by atoms with Gasteiger partial charge in [0.1, 0.15) is 5.82 Å². The van der Waals surface area contributed by atoms with Gasteiger partial charge in [-0.2, -0.15) is 0 Å². The van der Waals surface area contributed by atoms with Crippen molar-refractivity contribution in [2.75, 3.05) is 11.9 Å². The Morgan fingerprint density at radius 1 is 1.35 bits per heavy atom. The Labute approximate surface area is 119 Å². The van der Waals surface area contributed by atoms with E-state index in [0.29, 0.717) is 18.7 Å². The summed E-state index contributed by atoms with van der Waals surface area (Å²) in [6, 6.07) is 4.40. The van der Waals surface area contributed by atoms with Crippen LogP contribution < -0.4 is 11.1 Å². The van der Waals surface area contributed by atoms with E-state index in [1.807, 2.05) is 0 Å². The van der Waals surface area contributed by atoms with Crippen LogP contribution in [0.3, 0.4) is 0 Å². The van der Waals surface area contributed by atoms with Crippen LogP contribution in [0.1, 0.15) is 44.1 Å². The quantitative estimate of drug-likeness (QED) is 0.887. The van der Waals surface area contributed by atoms with Gasteiger partial charge in [-0.3, -0.25) is 4.79 Å². The van der Waals surface area contributed by atoms with Crippen LogP contribution in [-0.4, -0.2) is 12.5 Å². The molecule has 1 aliphatic rings. The van der Waals surface area contributed by atoms with Crippen molar-refractivity contribution in [3.63, 3.8) is 0 Å². The first kappa shape index (κ1) is 15.0. The Bertz CT molecular complexity index is 481. The minimum Gasteiger partial charge on any atom is -0.330 e. The zero-order valence-corrected chi connectivity index (χ0v) is 12.0. The molecule has 0 bridgehead atoms. The Morgan fingerprint density at radius 2 is 2.05 bits per heavy atom. The Morgan fingerprint density at radius 3 is 2.65 bits per heavy atom. The van der Waals surface area contributed by atoms with E-state index in [1.165, 1.54) is 18.6 Å². The zero-order valence-electron chi connectivity index (χ0n) is 12.0. The molecule has 1 aromatic rings. The van der Waals surface area contributed by atoms with Gasteiger partial charge in [-0.05, 0) is 55.5 Å². The molecule has 0 saturated heterocycles. The summed E-state index contributed by atoms with van der Waals surface area (Å²) in [6.45, 7) is 2.35. The minimum absolute atomic E-state index is 0.0212. The smallest absolute Gasteiger partial charge is 0.224 e. The van der Waals surface area contributed by atoms with Gasteiger partial charge in [-0.1, -0.05) is 19.3 Å². The van der Waals surface area contributed by atoms with Crippen LogP contribution in [0.5, 0.6) is 0 Å². The number of halogens is 1. The van der Waals surface area contributed by atoms with Crippen molar-refractivity contribution in [1.82, 2.24) is 0 Å². The van der Waals surface area contributed by atoms with Crippen LogP contribution in [0.2, 0.25) is 0 Å². The molecule has 4 heteroatoms. The van der Waals surface area contributed by atoms with E-state index in [4.69, 9.17) is 5.73 Å². The number of nitrogens with two attached hydrogens (primary N) is 1. The summed E-state index contributed by atoms with van der Waals surface area (Å²) >= 11 is 0. The third-order valence-electron chi connectivity index (χ3n) is 4.35. The van der Waals surface area contributed by atoms with E-state index in [1.54, 1.807) is 13.0 Å². The Balaban J connectivity index is 2.00. The molecule has 2 rings (SSSR count). The van der Waals surface area contributed by atoms with E-state index in [0.717, 1.165) is 31.2 Å². The molecule has 1 aromatic carbocycles. The maximum absolute atomic E-state index is 13.0. The molecule has 1 amide bonds. The van der Waals surface area contributed by atoms with Gasteiger partial charge < -0.3 is 11.1 Å². The first-order chi connectivity index (χ1) is 9.54. The molecular formula is C16H23FN2O. The predicted octanol–water partition coefficient (Wildman–Crippen LogP) is 3.37. The molecule has 0 spiro atoms. The lowest BCUT2D eigenvalue weighted by Gasteiger charge is -2.35. The fourth-order valence-corrected chi connectivity index (χ4v) is 3.06. The normalized spacial score (nSPS) is 17.8. The van der Waals surface area contributed by atoms with E-state index >= 15 is 0 Å². The third kappa shape index (κ3) is 3.57. The number of amides is 1. The lowest BCUT2D eigenvalue weighted by atomic mass is 9.71. The van der Waals surface area contributed by atoms with Crippen molar-refractivity contribution in [3.8, 4) is 0 Å². The lowest BCUT2D eigenvalue weighted by molar-refractivity contribution is -0.118. The average Bonchev–Trinajstić information content (AvgIpc) is 2.43.